The number of anilines is 1. The first-order valence-corrected chi connectivity index (χ1v) is 5.25. The molecule has 0 aromatic carbocycles. The third-order valence-corrected chi connectivity index (χ3v) is 2.53. The van der Waals surface area contributed by atoms with E-state index in [0.29, 0.717) is 17.0 Å². The van der Waals surface area contributed by atoms with Crippen LogP contribution in [-0.4, -0.2) is 20.9 Å². The van der Waals surface area contributed by atoms with Crippen molar-refractivity contribution in [1.29, 1.82) is 0 Å². The van der Waals surface area contributed by atoms with Gasteiger partial charge in [-0.3, -0.25) is 4.79 Å². The summed E-state index contributed by atoms with van der Waals surface area (Å²) in [4.78, 5) is 22.4. The van der Waals surface area contributed by atoms with Crippen LogP contribution in [0.15, 0.2) is 18.6 Å². The zero-order chi connectivity index (χ0) is 11.5. The molecule has 1 N–H and O–H groups in total. The molecule has 0 radical (unpaired) electrons. The van der Waals surface area contributed by atoms with Crippen molar-refractivity contribution in [3.05, 3.63) is 34.0 Å². The summed E-state index contributed by atoms with van der Waals surface area (Å²) >= 11 is 6.14. The van der Waals surface area contributed by atoms with Gasteiger partial charge in [0.2, 0.25) is 5.28 Å². The lowest BCUT2D eigenvalue weighted by Crippen LogP contribution is -2.11. The molecule has 0 aliphatic rings. The van der Waals surface area contributed by atoms with E-state index >= 15 is 0 Å². The molecule has 0 atom stereocenters. The van der Waals surface area contributed by atoms with Crippen LogP contribution in [-0.2, 0) is 0 Å². The van der Waals surface area contributed by atoms with E-state index in [9.17, 15) is 9.18 Å². The third-order valence-electron chi connectivity index (χ3n) is 1.55. The van der Waals surface area contributed by atoms with Gasteiger partial charge in [-0.25, -0.2) is 15.0 Å². The second kappa shape index (κ2) is 4.50. The Bertz CT molecular complexity index is 515. The molecule has 0 unspecified atom stereocenters. The van der Waals surface area contributed by atoms with Crippen molar-refractivity contribution in [2.75, 3.05) is 5.32 Å². The molecule has 0 bridgehead atoms. The monoisotopic (exact) mass is 258 g/mol. The van der Waals surface area contributed by atoms with Crippen LogP contribution in [0.5, 0.6) is 0 Å². The molecule has 1 amide bonds. The van der Waals surface area contributed by atoms with Crippen molar-refractivity contribution in [2.24, 2.45) is 0 Å². The first-order chi connectivity index (χ1) is 7.65. The minimum Gasteiger partial charge on any atom is -0.317 e. The van der Waals surface area contributed by atoms with E-state index in [1.165, 1.54) is 12.4 Å². The van der Waals surface area contributed by atoms with Crippen LogP contribution >= 0.6 is 22.9 Å². The Kier molecular flexibility index (Phi) is 3.07. The van der Waals surface area contributed by atoms with Gasteiger partial charge in [-0.05, 0) is 11.6 Å². The van der Waals surface area contributed by atoms with E-state index in [-0.39, 0.29) is 10.3 Å². The molecule has 0 fully saturated rings. The van der Waals surface area contributed by atoms with Crippen LogP contribution in [0.3, 0.4) is 0 Å². The van der Waals surface area contributed by atoms with Crippen LogP contribution in [0, 0.1) is 5.13 Å². The molecule has 2 aromatic heterocycles. The zero-order valence-electron chi connectivity index (χ0n) is 7.65. The molecule has 8 heteroatoms. The van der Waals surface area contributed by atoms with Gasteiger partial charge in [-0.15, -0.1) is 0 Å². The Balaban J connectivity index is 2.10. The Morgan fingerprint density at radius 2 is 2.00 bits per heavy atom. The minimum atomic E-state index is -0.516. The van der Waals surface area contributed by atoms with Crippen LogP contribution in [0.4, 0.5) is 10.1 Å². The van der Waals surface area contributed by atoms with Crippen molar-refractivity contribution in [1.82, 2.24) is 15.0 Å². The summed E-state index contributed by atoms with van der Waals surface area (Å²) in [6.07, 6.45) is 3.67. The second-order valence-electron chi connectivity index (χ2n) is 2.66. The average Bonchev–Trinajstić information content (AvgIpc) is 2.68. The van der Waals surface area contributed by atoms with Gasteiger partial charge < -0.3 is 5.32 Å². The molecule has 2 rings (SSSR count). The zero-order valence-corrected chi connectivity index (χ0v) is 9.22. The van der Waals surface area contributed by atoms with Crippen molar-refractivity contribution >= 4 is 34.5 Å². The molecule has 0 aliphatic heterocycles. The molecule has 5 nitrogen and oxygen atoms in total. The molecule has 16 heavy (non-hydrogen) atoms. The van der Waals surface area contributed by atoms with Gasteiger partial charge in [0.05, 0.1) is 24.3 Å². The first-order valence-electron chi connectivity index (χ1n) is 4.05. The fourth-order valence-electron chi connectivity index (χ4n) is 0.921. The van der Waals surface area contributed by atoms with Crippen LogP contribution in [0.2, 0.25) is 5.28 Å². The Morgan fingerprint density at radius 3 is 2.56 bits per heavy atom. The molecule has 0 saturated heterocycles. The summed E-state index contributed by atoms with van der Waals surface area (Å²) in [6.45, 7) is 0. The number of aromatic nitrogens is 3. The van der Waals surface area contributed by atoms with Crippen molar-refractivity contribution in [3.8, 4) is 0 Å². The number of nitrogens with one attached hydrogen (secondary N) is 1. The fourth-order valence-corrected chi connectivity index (χ4v) is 1.56. The van der Waals surface area contributed by atoms with E-state index in [1.807, 2.05) is 0 Å². The quantitative estimate of drug-likeness (QED) is 0.837. The number of carbonyl (C=O) groups excluding carboxylic acids is 1. The van der Waals surface area contributed by atoms with E-state index in [1.54, 1.807) is 0 Å². The largest absolute Gasteiger partial charge is 0.317 e. The Labute approximate surface area is 98.3 Å². The molecule has 0 spiro atoms. The standard InChI is InChI=1S/C8H4ClFN4OS/c9-8-12-1-4(2-13-8)14-6(15)7-11-3-5(10)16-7/h1-3H,(H,14,15). The highest BCUT2D eigenvalue weighted by Crippen LogP contribution is 2.13. The van der Waals surface area contributed by atoms with Crippen LogP contribution in [0.25, 0.3) is 0 Å². The lowest BCUT2D eigenvalue weighted by atomic mass is 10.5. The number of thiazole rings is 1. The van der Waals surface area contributed by atoms with Gasteiger partial charge in [0.25, 0.3) is 5.91 Å². The summed E-state index contributed by atoms with van der Waals surface area (Å²) in [5, 5.41) is 2.06. The summed E-state index contributed by atoms with van der Waals surface area (Å²) in [6, 6.07) is 0. The van der Waals surface area contributed by atoms with E-state index in [0.717, 1.165) is 6.20 Å². The smallest absolute Gasteiger partial charge is 0.284 e. The predicted octanol–water partition coefficient (Wildman–Crippen LogP) is 1.98. The van der Waals surface area contributed by atoms with E-state index in [2.05, 4.69) is 20.3 Å². The van der Waals surface area contributed by atoms with Gasteiger partial charge in [0.15, 0.2) is 10.1 Å². The number of halogens is 2. The summed E-state index contributed by atoms with van der Waals surface area (Å²) in [7, 11) is 0. The molecular formula is C8H4ClFN4OS. The Morgan fingerprint density at radius 1 is 1.31 bits per heavy atom. The molecule has 0 aliphatic carbocycles. The van der Waals surface area contributed by atoms with Gasteiger partial charge in [-0.1, -0.05) is 11.3 Å². The average molecular weight is 259 g/mol. The lowest BCUT2D eigenvalue weighted by Gasteiger charge is -2.00. The van der Waals surface area contributed by atoms with E-state index < -0.39 is 11.0 Å². The van der Waals surface area contributed by atoms with Crippen molar-refractivity contribution < 1.29 is 9.18 Å². The molecule has 0 saturated carbocycles. The van der Waals surface area contributed by atoms with Crippen molar-refractivity contribution in [2.45, 2.75) is 0 Å². The van der Waals surface area contributed by atoms with E-state index in [4.69, 9.17) is 11.6 Å². The highest BCUT2D eigenvalue weighted by molar-refractivity contribution is 7.12. The number of nitrogens with zero attached hydrogens (tertiary/aromatic N) is 3. The van der Waals surface area contributed by atoms with Crippen LogP contribution in [0.1, 0.15) is 9.80 Å². The minimum absolute atomic E-state index is 0.0347. The maximum absolute atomic E-state index is 12.6. The topological polar surface area (TPSA) is 67.8 Å². The SMILES string of the molecule is O=C(Nc1cnc(Cl)nc1)c1ncc(F)s1. The number of amides is 1. The fraction of sp³-hybridized carbons (Fsp3) is 0. The number of hydrogen-bond acceptors (Lipinski definition) is 5. The van der Waals surface area contributed by atoms with Gasteiger partial charge in [-0.2, -0.15) is 4.39 Å². The number of hydrogen-bond donors (Lipinski definition) is 1. The number of carbonyl (C=O) groups is 1. The normalized spacial score (nSPS) is 10.1. The highest BCUT2D eigenvalue weighted by atomic mass is 35.5. The summed E-state index contributed by atoms with van der Waals surface area (Å²) < 4.78 is 12.6. The lowest BCUT2D eigenvalue weighted by molar-refractivity contribution is 0.102. The Hall–Kier alpha value is -1.60. The molecule has 82 valence electrons. The maximum Gasteiger partial charge on any atom is 0.284 e. The highest BCUT2D eigenvalue weighted by Gasteiger charge is 2.11. The number of rotatable bonds is 2. The summed E-state index contributed by atoms with van der Waals surface area (Å²) in [5.41, 5.74) is 0.366. The first kappa shape index (κ1) is 10.9. The summed E-state index contributed by atoms with van der Waals surface area (Å²) in [5.74, 6) is -0.514. The van der Waals surface area contributed by atoms with Gasteiger partial charge >= 0.3 is 0 Å². The third kappa shape index (κ3) is 2.50. The molecule has 2 aromatic rings. The maximum atomic E-state index is 12.6. The molecular weight excluding hydrogens is 255 g/mol. The predicted molar refractivity (Wildman–Crippen MR) is 57.1 cm³/mol. The second-order valence-corrected chi connectivity index (χ2v) is 3.98. The van der Waals surface area contributed by atoms with Crippen LogP contribution < -0.4 is 5.32 Å². The van der Waals surface area contributed by atoms with Crippen molar-refractivity contribution in [3.63, 3.8) is 0 Å². The van der Waals surface area contributed by atoms with Gasteiger partial charge in [0, 0.05) is 0 Å². The van der Waals surface area contributed by atoms with Gasteiger partial charge in [0.1, 0.15) is 0 Å². The molecule has 2 heterocycles.